The molecule has 3 aromatic rings. The van der Waals surface area contributed by atoms with Gasteiger partial charge in [-0.2, -0.15) is 4.31 Å². The number of aromatic nitrogens is 4. The molecule has 1 unspecified atom stereocenters. The van der Waals surface area contributed by atoms with E-state index in [4.69, 9.17) is 9.84 Å². The van der Waals surface area contributed by atoms with Gasteiger partial charge in [0.25, 0.3) is 5.56 Å². The molecule has 1 aliphatic heterocycles. The molecule has 0 radical (unpaired) electrons. The van der Waals surface area contributed by atoms with Crippen LogP contribution < -0.4 is 10.3 Å². The highest BCUT2D eigenvalue weighted by Gasteiger charge is 2.34. The highest BCUT2D eigenvalue weighted by molar-refractivity contribution is 7.89. The van der Waals surface area contributed by atoms with Crippen LogP contribution in [0.3, 0.4) is 0 Å². The molecule has 0 aliphatic carbocycles. The SMILES string of the molecule is CCCCCCc1nc(C)c2c(=O)[nH]c(-c3cc(S(=O)(=O)N4CCCCC4CCO)ccc3OCC)nn12. The van der Waals surface area contributed by atoms with Crippen LogP contribution in [0.25, 0.3) is 16.9 Å². The van der Waals surface area contributed by atoms with Gasteiger partial charge in [0, 0.05) is 25.6 Å². The summed E-state index contributed by atoms with van der Waals surface area (Å²) in [6.45, 7) is 6.50. The first-order chi connectivity index (χ1) is 18.3. The second-order valence-electron chi connectivity index (χ2n) is 9.86. The first-order valence-electron chi connectivity index (χ1n) is 13.7. The minimum atomic E-state index is -3.84. The lowest BCUT2D eigenvalue weighted by molar-refractivity contribution is 0.192. The number of aromatic amines is 1. The van der Waals surface area contributed by atoms with Crippen molar-refractivity contribution in [2.24, 2.45) is 0 Å². The van der Waals surface area contributed by atoms with E-state index < -0.39 is 10.0 Å². The third-order valence-corrected chi connectivity index (χ3v) is 9.09. The third-order valence-electron chi connectivity index (χ3n) is 7.14. The van der Waals surface area contributed by atoms with Crippen molar-refractivity contribution < 1.29 is 18.3 Å². The summed E-state index contributed by atoms with van der Waals surface area (Å²) in [6, 6.07) is 4.43. The van der Waals surface area contributed by atoms with Crippen LogP contribution in [0.4, 0.5) is 0 Å². The summed E-state index contributed by atoms with van der Waals surface area (Å²) in [6.07, 6.45) is 7.79. The molecule has 1 fully saturated rings. The van der Waals surface area contributed by atoms with Gasteiger partial charge < -0.3 is 14.8 Å². The second kappa shape index (κ2) is 12.4. The molecule has 10 nitrogen and oxygen atoms in total. The van der Waals surface area contributed by atoms with E-state index in [2.05, 4.69) is 16.9 Å². The third kappa shape index (κ3) is 5.79. The molecule has 4 rings (SSSR count). The minimum absolute atomic E-state index is 0.0680. The molecule has 2 aromatic heterocycles. The van der Waals surface area contributed by atoms with E-state index in [9.17, 15) is 18.3 Å². The van der Waals surface area contributed by atoms with Gasteiger partial charge >= 0.3 is 0 Å². The van der Waals surface area contributed by atoms with Crippen LogP contribution in [0.5, 0.6) is 5.75 Å². The number of fused-ring (bicyclic) bond motifs is 1. The maximum Gasteiger partial charge on any atom is 0.277 e. The molecule has 1 aliphatic rings. The van der Waals surface area contributed by atoms with E-state index in [0.29, 0.717) is 54.3 Å². The number of rotatable bonds is 12. The Morgan fingerprint density at radius 2 is 2.00 bits per heavy atom. The van der Waals surface area contributed by atoms with Crippen molar-refractivity contribution in [2.45, 2.75) is 89.5 Å². The Morgan fingerprint density at radius 3 is 2.74 bits per heavy atom. The van der Waals surface area contributed by atoms with Crippen LogP contribution in [-0.4, -0.2) is 63.2 Å². The molecule has 0 bridgehead atoms. The van der Waals surface area contributed by atoms with Crippen molar-refractivity contribution in [3.63, 3.8) is 0 Å². The quantitative estimate of drug-likeness (QED) is 0.331. The molecule has 1 aromatic carbocycles. The molecule has 208 valence electrons. The zero-order valence-corrected chi connectivity index (χ0v) is 23.4. The summed E-state index contributed by atoms with van der Waals surface area (Å²) < 4.78 is 36.4. The fraction of sp³-hybridized carbons (Fsp3) is 0.593. The number of piperidine rings is 1. The lowest BCUT2D eigenvalue weighted by Crippen LogP contribution is -2.44. The Morgan fingerprint density at radius 1 is 1.18 bits per heavy atom. The molecule has 0 amide bonds. The van der Waals surface area contributed by atoms with Crippen LogP contribution in [0.2, 0.25) is 0 Å². The van der Waals surface area contributed by atoms with E-state index in [-0.39, 0.29) is 28.9 Å². The van der Waals surface area contributed by atoms with Crippen molar-refractivity contribution in [1.82, 2.24) is 23.9 Å². The summed E-state index contributed by atoms with van der Waals surface area (Å²) >= 11 is 0. The van der Waals surface area contributed by atoms with Gasteiger partial charge in [0.1, 0.15) is 11.6 Å². The number of nitrogens with one attached hydrogen (secondary N) is 1. The molecule has 1 saturated heterocycles. The van der Waals surface area contributed by atoms with E-state index in [1.807, 2.05) is 6.92 Å². The van der Waals surface area contributed by atoms with Crippen molar-refractivity contribution >= 4 is 15.5 Å². The van der Waals surface area contributed by atoms with Gasteiger partial charge in [-0.05, 0) is 57.7 Å². The average molecular weight is 546 g/mol. The van der Waals surface area contributed by atoms with Gasteiger partial charge in [-0.3, -0.25) is 4.79 Å². The number of sulfonamides is 1. The van der Waals surface area contributed by atoms with Crippen LogP contribution in [0, 0.1) is 6.92 Å². The number of aliphatic hydroxyl groups is 1. The molecule has 3 heterocycles. The van der Waals surface area contributed by atoms with Gasteiger partial charge in [0.15, 0.2) is 11.3 Å². The number of nitrogens with zero attached hydrogens (tertiary/aromatic N) is 4. The summed E-state index contributed by atoms with van der Waals surface area (Å²) in [5.41, 5.74) is 1.05. The number of unbranched alkanes of at least 4 members (excludes halogenated alkanes) is 3. The van der Waals surface area contributed by atoms with E-state index in [1.54, 1.807) is 17.5 Å². The molecule has 2 N–H and O–H groups in total. The number of aliphatic hydroxyl groups excluding tert-OH is 1. The maximum atomic E-state index is 13.7. The number of hydrogen-bond acceptors (Lipinski definition) is 7. The van der Waals surface area contributed by atoms with Gasteiger partial charge in [-0.15, -0.1) is 5.10 Å². The summed E-state index contributed by atoms with van der Waals surface area (Å²) in [5, 5.41) is 14.2. The molecular weight excluding hydrogens is 506 g/mol. The zero-order chi connectivity index (χ0) is 27.3. The van der Waals surface area contributed by atoms with Crippen molar-refractivity contribution in [1.29, 1.82) is 0 Å². The Bertz CT molecular complexity index is 1410. The van der Waals surface area contributed by atoms with E-state index in [1.165, 1.54) is 16.4 Å². The van der Waals surface area contributed by atoms with E-state index in [0.717, 1.165) is 44.9 Å². The first kappa shape index (κ1) is 28.3. The summed E-state index contributed by atoms with van der Waals surface area (Å²) in [4.78, 5) is 20.7. The van der Waals surface area contributed by atoms with Crippen molar-refractivity contribution in [3.05, 3.63) is 40.1 Å². The monoisotopic (exact) mass is 545 g/mol. The van der Waals surface area contributed by atoms with Crippen LogP contribution in [0.1, 0.15) is 76.7 Å². The van der Waals surface area contributed by atoms with Crippen LogP contribution in [0.15, 0.2) is 27.9 Å². The number of aryl methyl sites for hydroxylation is 2. The number of imidazole rings is 1. The molecule has 0 spiro atoms. The summed E-state index contributed by atoms with van der Waals surface area (Å²) in [7, 11) is -3.84. The lowest BCUT2D eigenvalue weighted by Gasteiger charge is -2.34. The second-order valence-corrected chi connectivity index (χ2v) is 11.7. The highest BCUT2D eigenvalue weighted by atomic mass is 32.2. The predicted octanol–water partition coefficient (Wildman–Crippen LogP) is 3.84. The fourth-order valence-electron chi connectivity index (χ4n) is 5.23. The normalized spacial score (nSPS) is 16.8. The molecule has 0 saturated carbocycles. The molecule has 11 heteroatoms. The molecule has 1 atom stereocenters. The van der Waals surface area contributed by atoms with Gasteiger partial charge in [0.05, 0.1) is 22.8 Å². The first-order valence-corrected chi connectivity index (χ1v) is 15.1. The van der Waals surface area contributed by atoms with Crippen molar-refractivity contribution in [2.75, 3.05) is 19.8 Å². The van der Waals surface area contributed by atoms with Crippen molar-refractivity contribution in [3.8, 4) is 17.1 Å². The van der Waals surface area contributed by atoms with Crippen LogP contribution >= 0.6 is 0 Å². The summed E-state index contributed by atoms with van der Waals surface area (Å²) in [5.74, 6) is 1.37. The Labute approximate surface area is 224 Å². The number of hydrogen-bond donors (Lipinski definition) is 2. The fourth-order valence-corrected chi connectivity index (χ4v) is 6.98. The van der Waals surface area contributed by atoms with Gasteiger partial charge in [0.2, 0.25) is 10.0 Å². The van der Waals surface area contributed by atoms with Gasteiger partial charge in [-0.1, -0.05) is 32.6 Å². The zero-order valence-electron chi connectivity index (χ0n) is 22.6. The number of ether oxygens (including phenoxy) is 1. The van der Waals surface area contributed by atoms with E-state index >= 15 is 0 Å². The average Bonchev–Trinajstić information content (AvgIpc) is 3.23. The Hall–Kier alpha value is -2.76. The topological polar surface area (TPSA) is 130 Å². The number of H-pyrrole nitrogens is 1. The standard InChI is InChI=1S/C27H39N5O5S/c1-4-6-7-8-12-24-28-19(3)25-27(34)29-26(30-32(24)25)22-18-21(13-14-23(22)37-5-2)38(35,36)31-16-10-9-11-20(31)15-17-33/h13-14,18,20,33H,4-12,15-17H2,1-3H3,(H,29,30,34). The molecule has 38 heavy (non-hydrogen) atoms. The minimum Gasteiger partial charge on any atom is -0.493 e. The Kier molecular flexibility index (Phi) is 9.22. The molecular formula is C27H39N5O5S. The predicted molar refractivity (Wildman–Crippen MR) is 146 cm³/mol. The highest BCUT2D eigenvalue weighted by Crippen LogP contribution is 2.33. The van der Waals surface area contributed by atoms with Crippen LogP contribution in [-0.2, 0) is 16.4 Å². The Balaban J connectivity index is 1.79. The lowest BCUT2D eigenvalue weighted by atomic mass is 10.0. The smallest absolute Gasteiger partial charge is 0.277 e. The maximum absolute atomic E-state index is 13.7. The number of benzene rings is 1. The van der Waals surface area contributed by atoms with Gasteiger partial charge in [-0.25, -0.2) is 17.9 Å². The largest absolute Gasteiger partial charge is 0.493 e.